The van der Waals surface area contributed by atoms with Crippen molar-refractivity contribution in [2.75, 3.05) is 18.4 Å². The molecule has 1 aromatic heterocycles. The molecule has 0 radical (unpaired) electrons. The Bertz CT molecular complexity index is 726. The van der Waals surface area contributed by atoms with E-state index in [0.29, 0.717) is 0 Å². The highest BCUT2D eigenvalue weighted by Gasteiger charge is 2.20. The lowest BCUT2D eigenvalue weighted by Gasteiger charge is -2.26. The van der Waals surface area contributed by atoms with Gasteiger partial charge in [-0.1, -0.05) is 36.0 Å². The maximum atomic E-state index is 5.50. The van der Waals surface area contributed by atoms with E-state index in [4.69, 9.17) is 12.2 Å². The van der Waals surface area contributed by atoms with Crippen molar-refractivity contribution < 1.29 is 4.90 Å². The van der Waals surface area contributed by atoms with Gasteiger partial charge in [0.05, 0.1) is 13.1 Å². The molecule has 3 rings (SSSR count). The summed E-state index contributed by atoms with van der Waals surface area (Å²) in [6, 6.07) is 6.40. The summed E-state index contributed by atoms with van der Waals surface area (Å²) in [6.45, 7) is 9.90. The Balaban J connectivity index is 1.69. The monoisotopic (exact) mass is 349 g/mol. The molecule has 0 unspecified atom stereocenters. The van der Waals surface area contributed by atoms with Crippen LogP contribution in [0.15, 0.2) is 18.2 Å². The molecule has 0 saturated carbocycles. The van der Waals surface area contributed by atoms with E-state index in [1.165, 1.54) is 37.1 Å². The molecule has 2 N–H and O–H groups in total. The molecule has 1 aliphatic rings. The van der Waals surface area contributed by atoms with Crippen molar-refractivity contribution in [3.8, 4) is 0 Å². The molecule has 1 fully saturated rings. The van der Waals surface area contributed by atoms with Crippen molar-refractivity contribution in [2.45, 2.75) is 40.3 Å². The number of likely N-dealkylation sites (tertiary alicyclic amines) is 1. The summed E-state index contributed by atoms with van der Waals surface area (Å²) < 4.78 is 2.83. The first-order valence-corrected chi connectivity index (χ1v) is 9.49. The molecule has 0 amide bonds. The Labute approximate surface area is 147 Å². The number of piperidine rings is 1. The molecule has 0 spiro atoms. The lowest BCUT2D eigenvalue weighted by Crippen LogP contribution is -3.12. The first-order chi connectivity index (χ1) is 11.0. The van der Waals surface area contributed by atoms with Crippen LogP contribution in [0.25, 0.3) is 0 Å². The van der Waals surface area contributed by atoms with Crippen LogP contribution < -0.4 is 10.2 Å². The Morgan fingerprint density at radius 2 is 2.09 bits per heavy atom. The highest BCUT2D eigenvalue weighted by molar-refractivity contribution is 7.73. The number of benzene rings is 1. The highest BCUT2D eigenvalue weighted by atomic mass is 32.1. The fourth-order valence-electron chi connectivity index (χ4n) is 3.07. The fourth-order valence-corrected chi connectivity index (χ4v) is 4.08. The Morgan fingerprint density at radius 1 is 1.35 bits per heavy atom. The number of nitrogens with one attached hydrogen (secondary N) is 2. The van der Waals surface area contributed by atoms with E-state index in [2.05, 4.69) is 49.4 Å². The summed E-state index contributed by atoms with van der Waals surface area (Å²) in [4.78, 5) is 1.59. The number of nitrogens with zero attached hydrogens (tertiary/aromatic N) is 2. The molecule has 23 heavy (non-hydrogen) atoms. The van der Waals surface area contributed by atoms with E-state index in [9.17, 15) is 0 Å². The van der Waals surface area contributed by atoms with Gasteiger partial charge >= 0.3 is 0 Å². The SMILES string of the molecule is Cc1ccc(Nc2nn(C[NH+]3CCC(C)CC3)c(=S)s2)c(C)c1. The molecular formula is C17H25N4S2+. The molecule has 6 heteroatoms. The Morgan fingerprint density at radius 3 is 2.78 bits per heavy atom. The van der Waals surface area contributed by atoms with Crippen molar-refractivity contribution in [3.05, 3.63) is 33.3 Å². The van der Waals surface area contributed by atoms with Gasteiger partial charge in [0, 0.05) is 5.69 Å². The number of hydrogen-bond acceptors (Lipinski definition) is 4. The van der Waals surface area contributed by atoms with Crippen LogP contribution in [0.1, 0.15) is 30.9 Å². The number of anilines is 2. The second-order valence-electron chi connectivity index (χ2n) is 6.71. The van der Waals surface area contributed by atoms with E-state index < -0.39 is 0 Å². The van der Waals surface area contributed by atoms with E-state index in [1.807, 2.05) is 4.68 Å². The summed E-state index contributed by atoms with van der Waals surface area (Å²) in [5.74, 6) is 0.865. The van der Waals surface area contributed by atoms with Gasteiger partial charge in [0.25, 0.3) is 0 Å². The maximum absolute atomic E-state index is 5.50. The number of quaternary nitrogens is 1. The third kappa shape index (κ3) is 4.19. The minimum atomic E-state index is 0.850. The summed E-state index contributed by atoms with van der Waals surface area (Å²) in [6.07, 6.45) is 2.61. The van der Waals surface area contributed by atoms with Crippen molar-refractivity contribution in [3.63, 3.8) is 0 Å². The quantitative estimate of drug-likeness (QED) is 0.831. The Kier molecular flexibility index (Phi) is 5.14. The van der Waals surface area contributed by atoms with Gasteiger partial charge in [-0.3, -0.25) is 0 Å². The lowest BCUT2D eigenvalue weighted by atomic mass is 10.00. The molecule has 1 saturated heterocycles. The smallest absolute Gasteiger partial charge is 0.209 e. The van der Waals surface area contributed by atoms with Crippen LogP contribution in [0.2, 0.25) is 0 Å². The van der Waals surface area contributed by atoms with Crippen LogP contribution in [0, 0.1) is 23.7 Å². The zero-order chi connectivity index (χ0) is 16.4. The third-order valence-electron chi connectivity index (χ3n) is 4.58. The van der Waals surface area contributed by atoms with Crippen LogP contribution in [0.5, 0.6) is 0 Å². The zero-order valence-electron chi connectivity index (χ0n) is 14.1. The van der Waals surface area contributed by atoms with Crippen molar-refractivity contribution in [1.82, 2.24) is 9.78 Å². The molecule has 2 heterocycles. The topological polar surface area (TPSA) is 34.3 Å². The van der Waals surface area contributed by atoms with Gasteiger partial charge in [0.15, 0.2) is 10.6 Å². The number of aryl methyl sites for hydroxylation is 2. The molecule has 4 nitrogen and oxygen atoms in total. The predicted molar refractivity (Wildman–Crippen MR) is 99.2 cm³/mol. The van der Waals surface area contributed by atoms with Gasteiger partial charge in [-0.2, -0.15) is 4.68 Å². The van der Waals surface area contributed by atoms with Crippen LogP contribution >= 0.6 is 23.6 Å². The molecule has 1 aliphatic heterocycles. The van der Waals surface area contributed by atoms with Gasteiger partial charge in [0.2, 0.25) is 5.13 Å². The molecule has 0 aliphatic carbocycles. The van der Waals surface area contributed by atoms with Crippen molar-refractivity contribution in [1.29, 1.82) is 0 Å². The van der Waals surface area contributed by atoms with E-state index in [-0.39, 0.29) is 0 Å². The summed E-state index contributed by atoms with van der Waals surface area (Å²) in [5.41, 5.74) is 3.60. The minimum absolute atomic E-state index is 0.850. The molecule has 124 valence electrons. The average molecular weight is 350 g/mol. The van der Waals surface area contributed by atoms with Gasteiger partial charge in [-0.05, 0) is 56.5 Å². The first-order valence-electron chi connectivity index (χ1n) is 8.27. The third-order valence-corrected chi connectivity index (χ3v) is 5.81. The number of rotatable bonds is 4. The maximum Gasteiger partial charge on any atom is 0.209 e. The second-order valence-corrected chi connectivity index (χ2v) is 8.33. The van der Waals surface area contributed by atoms with Gasteiger partial charge in [-0.25, -0.2) is 0 Å². The normalized spacial score (nSPS) is 21.3. The van der Waals surface area contributed by atoms with Gasteiger partial charge in [0.1, 0.15) is 0 Å². The van der Waals surface area contributed by atoms with Crippen LogP contribution in [0.4, 0.5) is 10.8 Å². The first kappa shape index (κ1) is 16.6. The largest absolute Gasteiger partial charge is 0.330 e. The van der Waals surface area contributed by atoms with Crippen LogP contribution in [-0.2, 0) is 6.67 Å². The average Bonchev–Trinajstić information content (AvgIpc) is 2.84. The van der Waals surface area contributed by atoms with E-state index >= 15 is 0 Å². The van der Waals surface area contributed by atoms with Crippen LogP contribution in [0.3, 0.4) is 0 Å². The second kappa shape index (κ2) is 7.11. The van der Waals surface area contributed by atoms with Gasteiger partial charge in [-0.15, -0.1) is 5.10 Å². The predicted octanol–water partition coefficient (Wildman–Crippen LogP) is 3.31. The molecule has 0 bridgehead atoms. The Hall–Kier alpha value is -1.24. The summed E-state index contributed by atoms with van der Waals surface area (Å²) >= 11 is 7.05. The highest BCUT2D eigenvalue weighted by Crippen LogP contribution is 2.23. The molecule has 0 atom stereocenters. The zero-order valence-corrected chi connectivity index (χ0v) is 15.7. The molecule has 1 aromatic carbocycles. The van der Waals surface area contributed by atoms with Gasteiger partial charge < -0.3 is 10.2 Å². The standard InChI is InChI=1S/C17H24N4S2/c1-12-6-8-20(9-7-12)11-21-17(22)23-16(19-21)18-15-5-4-13(2)10-14(15)3/h4-5,10,12H,6-9,11H2,1-3H3,(H,18,19)/p+1. The van der Waals surface area contributed by atoms with E-state index in [1.54, 1.807) is 16.2 Å². The van der Waals surface area contributed by atoms with Crippen molar-refractivity contribution in [2.24, 2.45) is 5.92 Å². The summed E-state index contributed by atoms with van der Waals surface area (Å²) in [7, 11) is 0. The summed E-state index contributed by atoms with van der Waals surface area (Å²) in [5, 5.41) is 8.98. The minimum Gasteiger partial charge on any atom is -0.330 e. The van der Waals surface area contributed by atoms with Crippen LogP contribution in [-0.4, -0.2) is 22.9 Å². The van der Waals surface area contributed by atoms with E-state index in [0.717, 1.165) is 27.4 Å². The molecule has 2 aromatic rings. The molecular weight excluding hydrogens is 324 g/mol. The number of aromatic nitrogens is 2. The van der Waals surface area contributed by atoms with Crippen molar-refractivity contribution >= 4 is 34.4 Å². The lowest BCUT2D eigenvalue weighted by molar-refractivity contribution is -0.929. The fraction of sp³-hybridized carbons (Fsp3) is 0.529. The number of hydrogen-bond donors (Lipinski definition) is 2.